The van der Waals surface area contributed by atoms with Crippen molar-refractivity contribution in [2.75, 3.05) is 44.2 Å². The van der Waals surface area contributed by atoms with Crippen LogP contribution in [0.3, 0.4) is 0 Å². The molecule has 0 aromatic heterocycles. The maximum atomic E-state index is 12.9. The van der Waals surface area contributed by atoms with Gasteiger partial charge in [-0.1, -0.05) is 0 Å². The molecule has 0 radical (unpaired) electrons. The molecular formula is C22H32N4O4S. The van der Waals surface area contributed by atoms with Gasteiger partial charge in [0, 0.05) is 38.7 Å². The molecule has 0 spiro atoms. The highest BCUT2D eigenvalue weighted by Crippen LogP contribution is 2.35. The lowest BCUT2D eigenvalue weighted by molar-refractivity contribution is -0.125. The molecular weight excluding hydrogens is 416 g/mol. The molecule has 0 aliphatic carbocycles. The van der Waals surface area contributed by atoms with Crippen LogP contribution in [0.1, 0.15) is 44.6 Å². The van der Waals surface area contributed by atoms with E-state index in [0.29, 0.717) is 31.7 Å². The Morgan fingerprint density at radius 3 is 2.42 bits per heavy atom. The summed E-state index contributed by atoms with van der Waals surface area (Å²) in [6.07, 6.45) is 5.45. The van der Waals surface area contributed by atoms with Crippen molar-refractivity contribution in [3.05, 3.63) is 23.8 Å². The van der Waals surface area contributed by atoms with E-state index in [1.54, 1.807) is 18.2 Å². The number of anilines is 1. The lowest BCUT2D eigenvalue weighted by Crippen LogP contribution is -2.47. The van der Waals surface area contributed by atoms with E-state index < -0.39 is 16.1 Å². The molecule has 170 valence electrons. The summed E-state index contributed by atoms with van der Waals surface area (Å²) in [6.45, 7) is 6.34. The third-order valence-electron chi connectivity index (χ3n) is 6.53. The summed E-state index contributed by atoms with van der Waals surface area (Å²) in [5.41, 5.74) is 1.36. The van der Waals surface area contributed by atoms with Crippen LogP contribution >= 0.6 is 0 Å². The van der Waals surface area contributed by atoms with E-state index in [1.807, 2.05) is 0 Å². The van der Waals surface area contributed by atoms with Crippen LogP contribution < -0.4 is 10.2 Å². The molecule has 0 unspecified atom stereocenters. The molecule has 0 bridgehead atoms. The lowest BCUT2D eigenvalue weighted by atomic mass is 10.1. The molecule has 3 heterocycles. The summed E-state index contributed by atoms with van der Waals surface area (Å²) in [5.74, 6) is -0.400. The van der Waals surface area contributed by atoms with Crippen LogP contribution in [-0.4, -0.2) is 74.7 Å². The van der Waals surface area contributed by atoms with Gasteiger partial charge in [0.15, 0.2) is 0 Å². The van der Waals surface area contributed by atoms with E-state index in [2.05, 4.69) is 10.2 Å². The van der Waals surface area contributed by atoms with E-state index in [-0.39, 0.29) is 16.7 Å². The number of sulfonamides is 1. The Morgan fingerprint density at radius 2 is 1.74 bits per heavy atom. The highest BCUT2D eigenvalue weighted by molar-refractivity contribution is 7.89. The van der Waals surface area contributed by atoms with Crippen molar-refractivity contribution in [2.24, 2.45) is 0 Å². The maximum Gasteiger partial charge on any atom is 0.243 e. The van der Waals surface area contributed by atoms with Crippen LogP contribution in [0, 0.1) is 0 Å². The molecule has 2 saturated heterocycles. The molecule has 1 aromatic carbocycles. The fourth-order valence-corrected chi connectivity index (χ4v) is 6.47. The minimum absolute atomic E-state index is 0.184. The molecule has 3 aliphatic heterocycles. The Morgan fingerprint density at radius 1 is 1.06 bits per heavy atom. The van der Waals surface area contributed by atoms with Gasteiger partial charge in [-0.25, -0.2) is 8.42 Å². The zero-order chi connectivity index (χ0) is 22.0. The monoisotopic (exact) mass is 448 g/mol. The SMILES string of the molecule is CC(=O)N1c2ccc(S(=O)(=O)N3CCCC3)cc2C[C@@H]1C(=O)NCCCN1CCCC1. The summed E-state index contributed by atoms with van der Waals surface area (Å²) in [4.78, 5) is 29.3. The summed E-state index contributed by atoms with van der Waals surface area (Å²) in [7, 11) is -3.54. The zero-order valence-corrected chi connectivity index (χ0v) is 19.0. The molecule has 0 saturated carbocycles. The third-order valence-corrected chi connectivity index (χ3v) is 8.42. The second kappa shape index (κ2) is 9.26. The molecule has 3 aliphatic rings. The molecule has 1 aromatic rings. The maximum absolute atomic E-state index is 12.9. The van der Waals surface area contributed by atoms with Gasteiger partial charge in [0.1, 0.15) is 6.04 Å². The highest BCUT2D eigenvalue weighted by Gasteiger charge is 2.38. The van der Waals surface area contributed by atoms with Gasteiger partial charge < -0.3 is 10.2 Å². The van der Waals surface area contributed by atoms with Gasteiger partial charge in [-0.2, -0.15) is 4.31 Å². The van der Waals surface area contributed by atoms with Crippen LogP contribution in [0.5, 0.6) is 0 Å². The number of nitrogens with one attached hydrogen (secondary N) is 1. The third kappa shape index (κ3) is 4.63. The Kier molecular flexibility index (Phi) is 6.64. The molecule has 2 fully saturated rings. The normalized spacial score (nSPS) is 22.1. The number of carbonyl (C=O) groups is 2. The Balaban J connectivity index is 1.44. The van der Waals surface area contributed by atoms with Gasteiger partial charge in [0.05, 0.1) is 4.90 Å². The standard InChI is InChI=1S/C22H32N4O4S/c1-17(27)26-20-8-7-19(31(29,30)25-13-4-5-14-25)15-18(20)16-21(26)22(28)23-9-6-12-24-10-2-3-11-24/h7-8,15,21H,2-6,9-14,16H2,1H3,(H,23,28)/t21-/m1/s1. The number of hydrogen-bond donors (Lipinski definition) is 1. The summed E-state index contributed by atoms with van der Waals surface area (Å²) < 4.78 is 27.3. The van der Waals surface area contributed by atoms with Crippen LogP contribution in [0.15, 0.2) is 23.1 Å². The predicted octanol–water partition coefficient (Wildman–Crippen LogP) is 1.35. The van der Waals surface area contributed by atoms with E-state index in [1.165, 1.54) is 29.0 Å². The van der Waals surface area contributed by atoms with E-state index in [9.17, 15) is 18.0 Å². The summed E-state index contributed by atoms with van der Waals surface area (Å²) in [5, 5.41) is 2.97. The molecule has 2 amide bonds. The first-order valence-corrected chi connectivity index (χ1v) is 12.7. The van der Waals surface area contributed by atoms with Crippen molar-refractivity contribution < 1.29 is 18.0 Å². The second-order valence-electron chi connectivity index (χ2n) is 8.70. The summed E-state index contributed by atoms with van der Waals surface area (Å²) >= 11 is 0. The van der Waals surface area contributed by atoms with Crippen molar-refractivity contribution in [3.8, 4) is 0 Å². The van der Waals surface area contributed by atoms with Crippen LogP contribution in [-0.2, 0) is 26.0 Å². The number of hydrogen-bond acceptors (Lipinski definition) is 5. The molecule has 9 heteroatoms. The fraction of sp³-hybridized carbons (Fsp3) is 0.636. The number of fused-ring (bicyclic) bond motifs is 1. The van der Waals surface area contributed by atoms with Crippen molar-refractivity contribution in [3.63, 3.8) is 0 Å². The highest BCUT2D eigenvalue weighted by atomic mass is 32.2. The summed E-state index contributed by atoms with van der Waals surface area (Å²) in [6, 6.07) is 4.22. The number of rotatable bonds is 7. The fourth-order valence-electron chi connectivity index (χ4n) is 4.90. The molecule has 4 rings (SSSR count). The quantitative estimate of drug-likeness (QED) is 0.636. The number of amides is 2. The van der Waals surface area contributed by atoms with Gasteiger partial charge in [0.2, 0.25) is 21.8 Å². The van der Waals surface area contributed by atoms with Crippen molar-refractivity contribution in [1.29, 1.82) is 0 Å². The zero-order valence-electron chi connectivity index (χ0n) is 18.2. The average Bonchev–Trinajstić information content (AvgIpc) is 3.50. The van der Waals surface area contributed by atoms with Crippen molar-refractivity contribution >= 4 is 27.5 Å². The molecule has 1 atom stereocenters. The topological polar surface area (TPSA) is 90.0 Å². The predicted molar refractivity (Wildman–Crippen MR) is 118 cm³/mol. The van der Waals surface area contributed by atoms with Crippen LogP contribution in [0.4, 0.5) is 5.69 Å². The van der Waals surface area contributed by atoms with Crippen LogP contribution in [0.2, 0.25) is 0 Å². The first kappa shape index (κ1) is 22.2. The van der Waals surface area contributed by atoms with Gasteiger partial charge in [-0.15, -0.1) is 0 Å². The molecule has 1 N–H and O–H groups in total. The van der Waals surface area contributed by atoms with Crippen molar-refractivity contribution in [2.45, 2.75) is 56.4 Å². The number of nitrogens with zero attached hydrogens (tertiary/aromatic N) is 3. The largest absolute Gasteiger partial charge is 0.354 e. The Hall–Kier alpha value is -1.97. The second-order valence-corrected chi connectivity index (χ2v) is 10.6. The smallest absolute Gasteiger partial charge is 0.243 e. The number of benzene rings is 1. The average molecular weight is 449 g/mol. The first-order chi connectivity index (χ1) is 14.9. The van der Waals surface area contributed by atoms with E-state index in [4.69, 9.17) is 0 Å². The van der Waals surface area contributed by atoms with Crippen molar-refractivity contribution in [1.82, 2.24) is 14.5 Å². The van der Waals surface area contributed by atoms with Gasteiger partial charge in [-0.3, -0.25) is 14.5 Å². The van der Waals surface area contributed by atoms with E-state index in [0.717, 1.165) is 44.5 Å². The van der Waals surface area contributed by atoms with E-state index >= 15 is 0 Å². The Bertz CT molecular complexity index is 937. The van der Waals surface area contributed by atoms with Gasteiger partial charge >= 0.3 is 0 Å². The van der Waals surface area contributed by atoms with Crippen LogP contribution in [0.25, 0.3) is 0 Å². The molecule has 8 nitrogen and oxygen atoms in total. The number of carbonyl (C=O) groups excluding carboxylic acids is 2. The number of likely N-dealkylation sites (tertiary alicyclic amines) is 1. The first-order valence-electron chi connectivity index (χ1n) is 11.3. The minimum Gasteiger partial charge on any atom is -0.354 e. The van der Waals surface area contributed by atoms with Gasteiger partial charge in [-0.05, 0) is 75.5 Å². The van der Waals surface area contributed by atoms with Gasteiger partial charge in [0.25, 0.3) is 0 Å². The molecule has 31 heavy (non-hydrogen) atoms. The minimum atomic E-state index is -3.54. The Labute approximate surface area is 184 Å². The lowest BCUT2D eigenvalue weighted by Gasteiger charge is -2.24.